The molecule has 5 nitrogen and oxygen atoms in total. The summed E-state index contributed by atoms with van der Waals surface area (Å²) in [6.45, 7) is 3.96. The molecule has 4 N–H and O–H groups in total. The van der Waals surface area contributed by atoms with Crippen LogP contribution in [0.4, 0.5) is 0 Å². The second-order valence-electron chi connectivity index (χ2n) is 3.79. The summed E-state index contributed by atoms with van der Waals surface area (Å²) in [5.41, 5.74) is 5.33. The second-order valence-corrected chi connectivity index (χ2v) is 3.79. The third-order valence-electron chi connectivity index (χ3n) is 2.01. The van der Waals surface area contributed by atoms with E-state index in [-0.39, 0.29) is 5.84 Å². The molecule has 0 radical (unpaired) electrons. The highest BCUT2D eigenvalue weighted by atomic mass is 16.4. The molecule has 1 unspecified atom stereocenters. The van der Waals surface area contributed by atoms with Crippen LogP contribution in [0.5, 0.6) is 0 Å². The van der Waals surface area contributed by atoms with Crippen molar-refractivity contribution in [1.29, 1.82) is 0 Å². The van der Waals surface area contributed by atoms with E-state index in [9.17, 15) is 0 Å². The maximum absolute atomic E-state index is 8.30. The smallest absolute Gasteiger partial charge is 0.140 e. The standard InChI is InChI=1S/C9H22N4O/c1-8(5-7-13(2)3)11-6-4-9(10)12-14/h8,11,14H,4-7H2,1-3H3,(H2,10,12). The van der Waals surface area contributed by atoms with Gasteiger partial charge in [-0.2, -0.15) is 0 Å². The highest BCUT2D eigenvalue weighted by Crippen LogP contribution is 1.92. The first-order valence-electron chi connectivity index (χ1n) is 4.90. The normalized spacial score (nSPS) is 14.7. The lowest BCUT2D eigenvalue weighted by Gasteiger charge is -2.16. The lowest BCUT2D eigenvalue weighted by Crippen LogP contribution is -2.32. The van der Waals surface area contributed by atoms with Crippen LogP contribution in [0.1, 0.15) is 19.8 Å². The third kappa shape index (κ3) is 7.82. The van der Waals surface area contributed by atoms with E-state index in [4.69, 9.17) is 10.9 Å². The zero-order valence-electron chi connectivity index (χ0n) is 9.32. The summed E-state index contributed by atoms with van der Waals surface area (Å²) in [5, 5.41) is 14.5. The van der Waals surface area contributed by atoms with E-state index in [1.165, 1.54) is 0 Å². The van der Waals surface area contributed by atoms with E-state index in [1.54, 1.807) is 0 Å². The molecule has 0 amide bonds. The molecule has 0 aliphatic carbocycles. The highest BCUT2D eigenvalue weighted by Gasteiger charge is 2.01. The summed E-state index contributed by atoms with van der Waals surface area (Å²) < 4.78 is 0. The van der Waals surface area contributed by atoms with E-state index in [0.29, 0.717) is 12.5 Å². The Morgan fingerprint density at radius 3 is 2.71 bits per heavy atom. The largest absolute Gasteiger partial charge is 0.409 e. The summed E-state index contributed by atoms with van der Waals surface area (Å²) in [7, 11) is 4.12. The molecule has 0 heterocycles. The maximum atomic E-state index is 8.30. The van der Waals surface area contributed by atoms with Crippen LogP contribution < -0.4 is 11.1 Å². The molecular weight excluding hydrogens is 180 g/mol. The van der Waals surface area contributed by atoms with Crippen molar-refractivity contribution in [2.75, 3.05) is 27.2 Å². The van der Waals surface area contributed by atoms with Gasteiger partial charge in [0.2, 0.25) is 0 Å². The van der Waals surface area contributed by atoms with Gasteiger partial charge in [0.15, 0.2) is 0 Å². The fraction of sp³-hybridized carbons (Fsp3) is 0.889. The van der Waals surface area contributed by atoms with Crippen LogP contribution in [0.3, 0.4) is 0 Å². The molecule has 0 aromatic heterocycles. The van der Waals surface area contributed by atoms with Gasteiger partial charge in [0.25, 0.3) is 0 Å². The number of nitrogens with two attached hydrogens (primary N) is 1. The van der Waals surface area contributed by atoms with Gasteiger partial charge < -0.3 is 21.2 Å². The van der Waals surface area contributed by atoms with Gasteiger partial charge >= 0.3 is 0 Å². The van der Waals surface area contributed by atoms with E-state index >= 15 is 0 Å². The summed E-state index contributed by atoms with van der Waals surface area (Å²) in [5.74, 6) is 0.275. The summed E-state index contributed by atoms with van der Waals surface area (Å²) >= 11 is 0. The van der Waals surface area contributed by atoms with Crippen molar-refractivity contribution in [1.82, 2.24) is 10.2 Å². The molecule has 0 aliphatic rings. The molecule has 0 aromatic rings. The minimum absolute atomic E-state index is 0.275. The number of nitrogens with zero attached hydrogens (tertiary/aromatic N) is 2. The van der Waals surface area contributed by atoms with Crippen LogP contribution in [0.15, 0.2) is 5.16 Å². The molecule has 0 rings (SSSR count). The van der Waals surface area contributed by atoms with Crippen molar-refractivity contribution in [3.05, 3.63) is 0 Å². The van der Waals surface area contributed by atoms with Gasteiger partial charge in [-0.25, -0.2) is 0 Å². The molecule has 0 aromatic carbocycles. The van der Waals surface area contributed by atoms with Crippen molar-refractivity contribution >= 4 is 5.84 Å². The van der Waals surface area contributed by atoms with Crippen LogP contribution in [0.25, 0.3) is 0 Å². The third-order valence-corrected chi connectivity index (χ3v) is 2.01. The topological polar surface area (TPSA) is 73.9 Å². The fourth-order valence-corrected chi connectivity index (χ4v) is 1.05. The molecule has 14 heavy (non-hydrogen) atoms. The number of rotatable bonds is 7. The quantitative estimate of drug-likeness (QED) is 0.236. The molecule has 0 bridgehead atoms. The molecule has 5 heteroatoms. The van der Waals surface area contributed by atoms with Gasteiger partial charge in [0.05, 0.1) is 0 Å². The van der Waals surface area contributed by atoms with Crippen LogP contribution in [0, 0.1) is 0 Å². The van der Waals surface area contributed by atoms with E-state index in [2.05, 4.69) is 36.4 Å². The Morgan fingerprint density at radius 1 is 1.57 bits per heavy atom. The average molecular weight is 202 g/mol. The number of nitrogens with one attached hydrogen (secondary N) is 1. The summed E-state index contributed by atoms with van der Waals surface area (Å²) in [6, 6.07) is 0.462. The van der Waals surface area contributed by atoms with Crippen LogP contribution >= 0.6 is 0 Å². The van der Waals surface area contributed by atoms with Crippen molar-refractivity contribution in [3.8, 4) is 0 Å². The molecule has 1 atom stereocenters. The maximum Gasteiger partial charge on any atom is 0.140 e. The molecule has 84 valence electrons. The monoisotopic (exact) mass is 202 g/mol. The minimum Gasteiger partial charge on any atom is -0.409 e. The highest BCUT2D eigenvalue weighted by molar-refractivity contribution is 5.79. The zero-order valence-corrected chi connectivity index (χ0v) is 9.32. The van der Waals surface area contributed by atoms with Crippen molar-refractivity contribution < 1.29 is 5.21 Å². The van der Waals surface area contributed by atoms with E-state index in [0.717, 1.165) is 19.5 Å². The molecule has 0 saturated carbocycles. The number of hydrogen-bond acceptors (Lipinski definition) is 4. The summed E-state index contributed by atoms with van der Waals surface area (Å²) in [6.07, 6.45) is 1.69. The Balaban J connectivity index is 3.40. The molecule has 0 aliphatic heterocycles. The predicted molar refractivity (Wildman–Crippen MR) is 58.7 cm³/mol. The van der Waals surface area contributed by atoms with Crippen molar-refractivity contribution in [2.24, 2.45) is 10.9 Å². The van der Waals surface area contributed by atoms with Crippen LogP contribution in [0.2, 0.25) is 0 Å². The van der Waals surface area contributed by atoms with Gasteiger partial charge in [-0.15, -0.1) is 0 Å². The number of hydrogen-bond donors (Lipinski definition) is 3. The Kier molecular flexibility index (Phi) is 7.14. The van der Waals surface area contributed by atoms with Gasteiger partial charge in [-0.1, -0.05) is 5.16 Å². The van der Waals surface area contributed by atoms with Crippen LogP contribution in [-0.4, -0.2) is 49.2 Å². The fourth-order valence-electron chi connectivity index (χ4n) is 1.05. The second kappa shape index (κ2) is 7.58. The molecular formula is C9H22N4O. The number of amidine groups is 1. The van der Waals surface area contributed by atoms with Crippen molar-refractivity contribution in [2.45, 2.75) is 25.8 Å². The lowest BCUT2D eigenvalue weighted by molar-refractivity contribution is 0.316. The Bertz CT molecular complexity index is 170. The molecule has 0 saturated heterocycles. The van der Waals surface area contributed by atoms with E-state index < -0.39 is 0 Å². The van der Waals surface area contributed by atoms with Gasteiger partial charge in [-0.05, 0) is 34.0 Å². The Morgan fingerprint density at radius 2 is 2.21 bits per heavy atom. The first kappa shape index (κ1) is 13.2. The first-order valence-corrected chi connectivity index (χ1v) is 4.90. The molecule has 0 spiro atoms. The summed E-state index contributed by atoms with van der Waals surface area (Å²) in [4.78, 5) is 2.15. The van der Waals surface area contributed by atoms with Crippen LogP contribution in [-0.2, 0) is 0 Å². The Labute approximate surface area is 86.0 Å². The lowest BCUT2D eigenvalue weighted by atomic mass is 10.2. The minimum atomic E-state index is 0.275. The van der Waals surface area contributed by atoms with Gasteiger partial charge in [-0.3, -0.25) is 0 Å². The van der Waals surface area contributed by atoms with Gasteiger partial charge in [0.1, 0.15) is 5.84 Å². The van der Waals surface area contributed by atoms with E-state index in [1.807, 2.05) is 0 Å². The van der Waals surface area contributed by atoms with Gasteiger partial charge in [0, 0.05) is 19.0 Å². The first-order chi connectivity index (χ1) is 6.56. The molecule has 0 fully saturated rings. The average Bonchev–Trinajstić information content (AvgIpc) is 2.14. The van der Waals surface area contributed by atoms with Crippen molar-refractivity contribution in [3.63, 3.8) is 0 Å². The predicted octanol–water partition coefficient (Wildman–Crippen LogP) is 0.0527. The number of oxime groups is 1. The Hall–Kier alpha value is -0.810. The SMILES string of the molecule is CC(CCN(C)C)NCCC(N)=NO. The zero-order chi connectivity index (χ0) is 11.0.